The van der Waals surface area contributed by atoms with Gasteiger partial charge in [-0.1, -0.05) is 18.7 Å². The summed E-state index contributed by atoms with van der Waals surface area (Å²) in [5, 5.41) is 0. The lowest BCUT2D eigenvalue weighted by molar-refractivity contribution is 1.02. The van der Waals surface area contributed by atoms with E-state index in [2.05, 4.69) is 18.2 Å². The first-order valence-corrected chi connectivity index (χ1v) is 2.63. The summed E-state index contributed by atoms with van der Waals surface area (Å²) in [4.78, 5) is 3.97. The molecule has 0 fully saturated rings. The Morgan fingerprint density at radius 2 is 2.12 bits per heavy atom. The zero-order valence-corrected chi connectivity index (χ0v) is 5.01. The van der Waals surface area contributed by atoms with E-state index in [1.54, 1.807) is 12.3 Å². The molecule has 0 saturated heterocycles. The molecule has 0 saturated carbocycles. The molecule has 8 heavy (non-hydrogen) atoms. The molecule has 0 spiro atoms. The van der Waals surface area contributed by atoms with Gasteiger partial charge in [0.1, 0.15) is 0 Å². The minimum Gasteiger partial charge on any atom is -0.293 e. The van der Waals surface area contributed by atoms with Crippen LogP contribution in [0.15, 0.2) is 30.3 Å². The van der Waals surface area contributed by atoms with E-state index in [0.29, 0.717) is 0 Å². The van der Waals surface area contributed by atoms with Crippen LogP contribution in [0.5, 0.6) is 0 Å². The lowest BCUT2D eigenvalue weighted by Gasteiger charge is -1.81. The van der Waals surface area contributed by atoms with Crippen molar-refractivity contribution in [2.75, 3.05) is 6.54 Å². The van der Waals surface area contributed by atoms with Crippen LogP contribution in [0.2, 0.25) is 0 Å². The minimum absolute atomic E-state index is 0.829. The first-order valence-electron chi connectivity index (χ1n) is 2.63. The van der Waals surface area contributed by atoms with E-state index in [-0.39, 0.29) is 0 Å². The van der Waals surface area contributed by atoms with Crippen molar-refractivity contribution in [1.82, 2.24) is 0 Å². The van der Waals surface area contributed by atoms with Gasteiger partial charge in [0.25, 0.3) is 0 Å². The van der Waals surface area contributed by atoms with Crippen LogP contribution in [0.4, 0.5) is 0 Å². The molecular formula is C7H11N. The van der Waals surface area contributed by atoms with E-state index < -0.39 is 0 Å². The molecule has 0 bridgehead atoms. The third kappa shape index (κ3) is 5.15. The Morgan fingerprint density at radius 1 is 1.38 bits per heavy atom. The van der Waals surface area contributed by atoms with Crippen LogP contribution in [0.1, 0.15) is 6.42 Å². The Hall–Kier alpha value is -0.850. The summed E-state index contributed by atoms with van der Waals surface area (Å²) >= 11 is 0. The van der Waals surface area contributed by atoms with Crippen LogP contribution >= 0.6 is 0 Å². The Bertz CT molecular complexity index is 92.6. The summed E-state index contributed by atoms with van der Waals surface area (Å²) in [6.45, 7) is 7.87. The quantitative estimate of drug-likeness (QED) is 0.296. The first kappa shape index (κ1) is 7.15. The van der Waals surface area contributed by atoms with Gasteiger partial charge in [0.15, 0.2) is 0 Å². The van der Waals surface area contributed by atoms with Crippen molar-refractivity contribution >= 4 is 6.21 Å². The SMILES string of the molecule is C=C/C=N\CCC=C. The topological polar surface area (TPSA) is 12.4 Å². The smallest absolute Gasteiger partial charge is 0.0423 e. The van der Waals surface area contributed by atoms with Gasteiger partial charge < -0.3 is 0 Å². The molecule has 0 amide bonds. The van der Waals surface area contributed by atoms with E-state index in [4.69, 9.17) is 0 Å². The summed E-state index contributed by atoms with van der Waals surface area (Å²) in [7, 11) is 0. The highest BCUT2D eigenvalue weighted by molar-refractivity contribution is 5.69. The molecule has 1 heteroatoms. The monoisotopic (exact) mass is 109 g/mol. The van der Waals surface area contributed by atoms with Gasteiger partial charge in [-0.3, -0.25) is 4.99 Å². The second-order valence-electron chi connectivity index (χ2n) is 1.37. The Kier molecular flexibility index (Phi) is 5.50. The second-order valence-corrected chi connectivity index (χ2v) is 1.37. The van der Waals surface area contributed by atoms with Crippen molar-refractivity contribution in [2.45, 2.75) is 6.42 Å². The van der Waals surface area contributed by atoms with Gasteiger partial charge in [-0.2, -0.15) is 0 Å². The van der Waals surface area contributed by atoms with Gasteiger partial charge >= 0.3 is 0 Å². The van der Waals surface area contributed by atoms with Crippen molar-refractivity contribution in [3.8, 4) is 0 Å². The van der Waals surface area contributed by atoms with E-state index in [9.17, 15) is 0 Å². The van der Waals surface area contributed by atoms with Crippen molar-refractivity contribution in [3.05, 3.63) is 25.3 Å². The van der Waals surface area contributed by atoms with Crippen LogP contribution in [-0.4, -0.2) is 12.8 Å². The van der Waals surface area contributed by atoms with Crippen LogP contribution in [-0.2, 0) is 0 Å². The number of hydrogen-bond acceptors (Lipinski definition) is 1. The van der Waals surface area contributed by atoms with Crippen LogP contribution in [0.25, 0.3) is 0 Å². The molecule has 0 atom stereocenters. The predicted octanol–water partition coefficient (Wildman–Crippen LogP) is 1.82. The average Bonchev–Trinajstić information content (AvgIpc) is 1.81. The van der Waals surface area contributed by atoms with Crippen molar-refractivity contribution < 1.29 is 0 Å². The van der Waals surface area contributed by atoms with Gasteiger partial charge in [-0.15, -0.1) is 6.58 Å². The van der Waals surface area contributed by atoms with Crippen molar-refractivity contribution in [1.29, 1.82) is 0 Å². The molecule has 0 aromatic rings. The molecular weight excluding hydrogens is 98.1 g/mol. The summed E-state index contributed by atoms with van der Waals surface area (Å²) in [5.74, 6) is 0. The highest BCUT2D eigenvalue weighted by Crippen LogP contribution is 1.78. The Balaban J connectivity index is 3.02. The number of allylic oxidation sites excluding steroid dienone is 1. The molecule has 0 aliphatic heterocycles. The zero-order chi connectivity index (χ0) is 6.24. The number of hydrogen-bond donors (Lipinski definition) is 0. The zero-order valence-electron chi connectivity index (χ0n) is 5.01. The number of nitrogens with zero attached hydrogens (tertiary/aromatic N) is 1. The minimum atomic E-state index is 0.829. The van der Waals surface area contributed by atoms with Gasteiger partial charge in [0.05, 0.1) is 0 Å². The standard InChI is InChI=1S/C7H11N/c1-3-5-7-8-6-4-2/h3-4,6H,1-2,5,7H2/b8-6-. The van der Waals surface area contributed by atoms with Crippen molar-refractivity contribution in [2.24, 2.45) is 4.99 Å². The van der Waals surface area contributed by atoms with Gasteiger partial charge in [-0.05, 0) is 6.42 Å². The number of rotatable bonds is 4. The van der Waals surface area contributed by atoms with E-state index in [1.165, 1.54) is 0 Å². The molecule has 0 unspecified atom stereocenters. The summed E-state index contributed by atoms with van der Waals surface area (Å²) in [6.07, 6.45) is 6.16. The molecule has 0 aromatic heterocycles. The van der Waals surface area contributed by atoms with Gasteiger partial charge in [0, 0.05) is 12.8 Å². The Morgan fingerprint density at radius 3 is 2.62 bits per heavy atom. The van der Waals surface area contributed by atoms with Crippen LogP contribution in [0.3, 0.4) is 0 Å². The molecule has 44 valence electrons. The molecule has 0 aromatic carbocycles. The predicted molar refractivity (Wildman–Crippen MR) is 38.4 cm³/mol. The van der Waals surface area contributed by atoms with E-state index >= 15 is 0 Å². The molecule has 0 rings (SSSR count). The third-order valence-corrected chi connectivity index (χ3v) is 0.673. The second kappa shape index (κ2) is 6.15. The lowest BCUT2D eigenvalue weighted by atomic mass is 10.4. The van der Waals surface area contributed by atoms with Crippen molar-refractivity contribution in [3.63, 3.8) is 0 Å². The highest BCUT2D eigenvalue weighted by atomic mass is 14.7. The summed E-state index contributed by atoms with van der Waals surface area (Å²) in [5.41, 5.74) is 0. The molecule has 0 heterocycles. The average molecular weight is 109 g/mol. The fourth-order valence-corrected chi connectivity index (χ4v) is 0.315. The fraction of sp³-hybridized carbons (Fsp3) is 0.286. The van der Waals surface area contributed by atoms with E-state index in [1.807, 2.05) is 6.08 Å². The maximum atomic E-state index is 3.97. The summed E-state index contributed by atoms with van der Waals surface area (Å²) in [6, 6.07) is 0. The van der Waals surface area contributed by atoms with E-state index in [0.717, 1.165) is 13.0 Å². The largest absolute Gasteiger partial charge is 0.293 e. The van der Waals surface area contributed by atoms with Gasteiger partial charge in [-0.25, -0.2) is 0 Å². The molecule has 1 nitrogen and oxygen atoms in total. The van der Waals surface area contributed by atoms with Crippen LogP contribution in [0, 0.1) is 0 Å². The summed E-state index contributed by atoms with van der Waals surface area (Å²) < 4.78 is 0. The Labute approximate surface area is 50.4 Å². The normalized spacial score (nSPS) is 9.50. The fourth-order valence-electron chi connectivity index (χ4n) is 0.315. The number of aliphatic imine (C=N–C) groups is 1. The van der Waals surface area contributed by atoms with Gasteiger partial charge in [0.2, 0.25) is 0 Å². The first-order chi connectivity index (χ1) is 3.91. The maximum Gasteiger partial charge on any atom is 0.0423 e. The lowest BCUT2D eigenvalue weighted by Crippen LogP contribution is -1.74. The van der Waals surface area contributed by atoms with Crippen LogP contribution < -0.4 is 0 Å². The molecule has 0 N–H and O–H groups in total. The molecule has 0 radical (unpaired) electrons. The highest BCUT2D eigenvalue weighted by Gasteiger charge is 1.69. The molecule has 0 aliphatic carbocycles. The molecule has 0 aliphatic rings. The third-order valence-electron chi connectivity index (χ3n) is 0.673. The maximum absolute atomic E-state index is 3.97.